The number of carbonyl (C=O) groups is 4. The fraction of sp³-hybridized carbons (Fsp3) is 0.200. The molecule has 0 bridgehead atoms. The molecule has 9 rings (SSSR count). The lowest BCUT2D eigenvalue weighted by molar-refractivity contribution is -0.135. The van der Waals surface area contributed by atoms with Crippen molar-refractivity contribution in [1.82, 2.24) is 0 Å². The van der Waals surface area contributed by atoms with Gasteiger partial charge in [-0.1, -0.05) is 109 Å². The molecule has 1 heterocycles. The fourth-order valence-electron chi connectivity index (χ4n) is 10.1. The first-order chi connectivity index (χ1) is 28.2. The Morgan fingerprint density at radius 3 is 2.19 bits per heavy atom. The van der Waals surface area contributed by atoms with Crippen LogP contribution >= 0.6 is 0 Å². The van der Waals surface area contributed by atoms with Crippen LogP contribution in [0.25, 0.3) is 17.7 Å². The molecule has 6 atom stereocenters. The number of rotatable bonds is 8. The summed E-state index contributed by atoms with van der Waals surface area (Å²) < 4.78 is 10.9. The van der Waals surface area contributed by atoms with Crippen molar-refractivity contribution < 1.29 is 33.8 Å². The number of amides is 2. The smallest absolute Gasteiger partial charge is 0.238 e. The number of aromatic hydroxyl groups is 1. The number of fused-ring (bicyclic) bond motifs is 4. The summed E-state index contributed by atoms with van der Waals surface area (Å²) in [7, 11) is 3.22. The summed E-state index contributed by atoms with van der Waals surface area (Å²) in [6.45, 7) is 0. The number of imide groups is 1. The van der Waals surface area contributed by atoms with Crippen molar-refractivity contribution in [1.29, 1.82) is 0 Å². The maximum atomic E-state index is 15.2. The number of phenols is 1. The van der Waals surface area contributed by atoms with Gasteiger partial charge in [-0.05, 0) is 89.6 Å². The number of hydrogen-bond donors (Lipinski definition) is 1. The van der Waals surface area contributed by atoms with Crippen LogP contribution in [0.3, 0.4) is 0 Å². The molecule has 3 aliphatic carbocycles. The molecular formula is C50H41NO7. The van der Waals surface area contributed by atoms with Gasteiger partial charge in [-0.15, -0.1) is 0 Å². The van der Waals surface area contributed by atoms with Crippen LogP contribution in [0.4, 0.5) is 5.69 Å². The molecule has 1 N–H and O–H groups in total. The van der Waals surface area contributed by atoms with Gasteiger partial charge in [0.25, 0.3) is 0 Å². The zero-order chi connectivity index (χ0) is 40.1. The second-order valence-electron chi connectivity index (χ2n) is 15.4. The largest absolute Gasteiger partial charge is 0.508 e. The molecule has 0 spiro atoms. The number of carbonyl (C=O) groups excluding carboxylic acids is 4. The zero-order valence-corrected chi connectivity index (χ0v) is 32.1. The molecule has 1 aliphatic heterocycles. The number of methoxy groups -OCH3 is 2. The Kier molecular flexibility index (Phi) is 9.27. The maximum Gasteiger partial charge on any atom is 0.238 e. The lowest BCUT2D eigenvalue weighted by Crippen LogP contribution is -2.58. The van der Waals surface area contributed by atoms with Crippen molar-refractivity contribution in [2.24, 2.45) is 23.7 Å². The molecule has 0 aromatic heterocycles. The second-order valence-corrected chi connectivity index (χ2v) is 15.4. The fourth-order valence-corrected chi connectivity index (χ4v) is 10.1. The van der Waals surface area contributed by atoms with Gasteiger partial charge in [0.1, 0.15) is 17.2 Å². The third-order valence-corrected chi connectivity index (χ3v) is 12.6. The number of ether oxygens (including phenoxy) is 2. The van der Waals surface area contributed by atoms with Crippen molar-refractivity contribution >= 4 is 46.8 Å². The minimum Gasteiger partial charge on any atom is -0.508 e. The molecule has 1 saturated heterocycles. The molecule has 5 aromatic carbocycles. The van der Waals surface area contributed by atoms with E-state index < -0.39 is 35.0 Å². The molecular weight excluding hydrogens is 727 g/mol. The molecule has 2 fully saturated rings. The summed E-state index contributed by atoms with van der Waals surface area (Å²) in [4.78, 5) is 60.7. The Labute approximate surface area is 336 Å². The zero-order valence-electron chi connectivity index (χ0n) is 32.1. The molecule has 5 aromatic rings. The molecule has 0 radical (unpaired) electrons. The van der Waals surface area contributed by atoms with Crippen molar-refractivity contribution in [2.45, 2.75) is 24.2 Å². The van der Waals surface area contributed by atoms with E-state index in [2.05, 4.69) is 0 Å². The van der Waals surface area contributed by atoms with Gasteiger partial charge in [0.15, 0.2) is 11.6 Å². The summed E-state index contributed by atoms with van der Waals surface area (Å²) in [5, 5.41) is 10.8. The van der Waals surface area contributed by atoms with E-state index in [0.29, 0.717) is 45.9 Å². The van der Waals surface area contributed by atoms with Crippen LogP contribution in [0.5, 0.6) is 17.2 Å². The molecule has 2 amide bonds. The SMILES string of the molecule is COc1ccc(OC)c(C=Cc2ccc(N3C(=O)C4CC=C5C(CC6C(=O)C(c7ccccc7)=CC(=O)C6(c6ccccc6)C5c5cccc(O)c5)C4C3=O)cc2)c1. The van der Waals surface area contributed by atoms with Crippen LogP contribution in [-0.2, 0) is 24.6 Å². The Morgan fingerprint density at radius 1 is 0.741 bits per heavy atom. The van der Waals surface area contributed by atoms with Crippen molar-refractivity contribution in [3.63, 3.8) is 0 Å². The normalized spacial score (nSPS) is 25.1. The molecule has 8 heteroatoms. The highest BCUT2D eigenvalue weighted by atomic mass is 16.5. The van der Waals surface area contributed by atoms with Gasteiger partial charge in [-0.25, -0.2) is 0 Å². The van der Waals surface area contributed by atoms with Gasteiger partial charge in [-0.3, -0.25) is 24.1 Å². The highest BCUT2D eigenvalue weighted by Gasteiger charge is 2.66. The average molecular weight is 768 g/mol. The highest BCUT2D eigenvalue weighted by molar-refractivity contribution is 6.32. The Hall–Kier alpha value is -6.80. The van der Waals surface area contributed by atoms with E-state index in [-0.39, 0.29) is 35.6 Å². The lowest BCUT2D eigenvalue weighted by atomic mass is 9.44. The number of anilines is 1. The van der Waals surface area contributed by atoms with Gasteiger partial charge in [0.05, 0.1) is 37.2 Å². The van der Waals surface area contributed by atoms with Crippen molar-refractivity contribution in [2.75, 3.05) is 19.1 Å². The number of phenolic OH excluding ortho intramolecular Hbond substituents is 1. The maximum absolute atomic E-state index is 15.2. The third kappa shape index (κ3) is 5.82. The molecule has 8 nitrogen and oxygen atoms in total. The Morgan fingerprint density at radius 2 is 1.48 bits per heavy atom. The van der Waals surface area contributed by atoms with Crippen LogP contribution in [0.15, 0.2) is 145 Å². The van der Waals surface area contributed by atoms with E-state index in [4.69, 9.17) is 9.47 Å². The van der Waals surface area contributed by atoms with E-state index in [1.54, 1.807) is 44.6 Å². The summed E-state index contributed by atoms with van der Waals surface area (Å²) in [5.74, 6) is -2.98. The monoisotopic (exact) mass is 767 g/mol. The number of benzene rings is 5. The Balaban J connectivity index is 1.12. The van der Waals surface area contributed by atoms with E-state index in [0.717, 1.165) is 16.7 Å². The van der Waals surface area contributed by atoms with Crippen molar-refractivity contribution in [3.8, 4) is 17.2 Å². The first-order valence-electron chi connectivity index (χ1n) is 19.5. The van der Waals surface area contributed by atoms with Crippen LogP contribution in [0, 0.1) is 23.7 Å². The van der Waals surface area contributed by atoms with Gasteiger partial charge in [0.2, 0.25) is 11.8 Å². The first kappa shape index (κ1) is 36.8. The Bertz CT molecular complexity index is 2560. The first-order valence-corrected chi connectivity index (χ1v) is 19.5. The van der Waals surface area contributed by atoms with Gasteiger partial charge < -0.3 is 14.6 Å². The van der Waals surface area contributed by atoms with E-state index in [9.17, 15) is 14.7 Å². The number of nitrogens with zero attached hydrogens (tertiary/aromatic N) is 1. The van der Waals surface area contributed by atoms with Crippen molar-refractivity contribution in [3.05, 3.63) is 173 Å². The minimum atomic E-state index is -1.36. The standard InChI is InChI=1S/C50H41NO7/c1-57-37-22-25-43(58-2)32(27-37)19-16-30-17-20-35(21-18-30)51-48(55)39-24-23-38-41(45(39)49(51)56)28-42-47(54)40(31-10-5-3-6-11-31)29-44(53)50(42,34-13-7-4-8-14-34)46(38)33-12-9-15-36(52)26-33/h3-23,25-27,29,39,41-42,45-46,52H,24,28H2,1-2H3. The number of Topliss-reactive ketones (excluding diaryl/α,β-unsaturated/α-hetero) is 1. The van der Waals surface area contributed by atoms with Crippen LogP contribution < -0.4 is 14.4 Å². The summed E-state index contributed by atoms with van der Waals surface area (Å²) in [6, 6.07) is 38.3. The molecule has 288 valence electrons. The topological polar surface area (TPSA) is 110 Å². The van der Waals surface area contributed by atoms with Crippen LogP contribution in [-0.4, -0.2) is 42.7 Å². The summed E-state index contributed by atoms with van der Waals surface area (Å²) >= 11 is 0. The number of hydrogen-bond acceptors (Lipinski definition) is 7. The van der Waals surface area contributed by atoms with Gasteiger partial charge in [-0.2, -0.15) is 0 Å². The number of ketones is 2. The summed E-state index contributed by atoms with van der Waals surface area (Å²) in [5.41, 5.74) is 4.01. The summed E-state index contributed by atoms with van der Waals surface area (Å²) in [6.07, 6.45) is 7.89. The lowest BCUT2D eigenvalue weighted by Gasteiger charge is -2.55. The quantitative estimate of drug-likeness (QED) is 0.0957. The van der Waals surface area contributed by atoms with Crippen LogP contribution in [0.1, 0.15) is 46.6 Å². The average Bonchev–Trinajstić information content (AvgIpc) is 3.52. The number of allylic oxidation sites excluding steroid dienone is 4. The van der Waals surface area contributed by atoms with E-state index >= 15 is 9.59 Å². The highest BCUT2D eigenvalue weighted by Crippen LogP contribution is 2.64. The molecule has 6 unspecified atom stereocenters. The predicted octanol–water partition coefficient (Wildman–Crippen LogP) is 8.61. The second kappa shape index (κ2) is 14.6. The third-order valence-electron chi connectivity index (χ3n) is 12.6. The molecule has 58 heavy (non-hydrogen) atoms. The van der Waals surface area contributed by atoms with E-state index in [1.165, 1.54) is 11.0 Å². The predicted molar refractivity (Wildman–Crippen MR) is 222 cm³/mol. The molecule has 1 saturated carbocycles. The van der Waals surface area contributed by atoms with Gasteiger partial charge in [0, 0.05) is 23.0 Å². The van der Waals surface area contributed by atoms with Crippen LogP contribution in [0.2, 0.25) is 0 Å². The van der Waals surface area contributed by atoms with Gasteiger partial charge >= 0.3 is 0 Å². The minimum absolute atomic E-state index is 0.0305. The molecule has 4 aliphatic rings. The van der Waals surface area contributed by atoms with E-state index in [1.807, 2.05) is 115 Å².